The normalized spacial score (nSPS) is 20.3. The molecule has 1 saturated carbocycles. The van der Waals surface area contributed by atoms with Crippen molar-refractivity contribution in [3.63, 3.8) is 0 Å². The third-order valence-corrected chi connectivity index (χ3v) is 5.65. The van der Waals surface area contributed by atoms with Crippen molar-refractivity contribution >= 4 is 34.1 Å². The first-order valence-electron chi connectivity index (χ1n) is 7.19. The van der Waals surface area contributed by atoms with Gasteiger partial charge in [0.2, 0.25) is 0 Å². The summed E-state index contributed by atoms with van der Waals surface area (Å²) in [5, 5.41) is 3.03. The maximum atomic E-state index is 12.4. The van der Waals surface area contributed by atoms with Crippen molar-refractivity contribution in [2.75, 3.05) is 18.9 Å². The highest BCUT2D eigenvalue weighted by molar-refractivity contribution is 8.14. The Bertz CT molecular complexity index is 480. The predicted octanol–water partition coefficient (Wildman–Crippen LogP) is 3.40. The molecule has 1 fully saturated rings. The highest BCUT2D eigenvalue weighted by Crippen LogP contribution is 2.30. The zero-order valence-electron chi connectivity index (χ0n) is 11.4. The standard InChI is InChI=1S/C15H19NO2S2/c17-15(18-10-11-4-5-11)13(9-12-3-1-7-19-12)14-16-6-2-8-20-14/h1,3,7,11,13H,2,4-6,8-10H2. The molecule has 3 rings (SSSR count). The lowest BCUT2D eigenvalue weighted by Crippen LogP contribution is -2.28. The van der Waals surface area contributed by atoms with Gasteiger partial charge in [-0.05, 0) is 36.6 Å². The van der Waals surface area contributed by atoms with Crippen LogP contribution in [0, 0.1) is 11.8 Å². The molecule has 0 radical (unpaired) electrons. The summed E-state index contributed by atoms with van der Waals surface area (Å²) in [6.45, 7) is 1.44. The molecule has 108 valence electrons. The van der Waals surface area contributed by atoms with Crippen molar-refractivity contribution < 1.29 is 9.53 Å². The number of thioether (sulfide) groups is 1. The number of aliphatic imine (C=N–C) groups is 1. The lowest BCUT2D eigenvalue weighted by molar-refractivity contribution is -0.146. The molecule has 0 spiro atoms. The lowest BCUT2D eigenvalue weighted by atomic mass is 10.1. The zero-order chi connectivity index (χ0) is 13.8. The number of hydrogen-bond acceptors (Lipinski definition) is 5. The molecule has 0 saturated heterocycles. The molecule has 0 bridgehead atoms. The summed E-state index contributed by atoms with van der Waals surface area (Å²) in [6, 6.07) is 4.11. The SMILES string of the molecule is O=C(OCC1CC1)C(Cc1cccs1)C1=NCCCS1. The van der Waals surface area contributed by atoms with Crippen molar-refractivity contribution in [2.45, 2.75) is 25.7 Å². The third kappa shape index (κ3) is 3.85. The van der Waals surface area contributed by atoms with Crippen molar-refractivity contribution in [3.8, 4) is 0 Å². The van der Waals surface area contributed by atoms with Crippen LogP contribution >= 0.6 is 23.1 Å². The van der Waals surface area contributed by atoms with E-state index >= 15 is 0 Å². The molecule has 3 nitrogen and oxygen atoms in total. The molecule has 1 aromatic heterocycles. The van der Waals surface area contributed by atoms with Gasteiger partial charge in [-0.1, -0.05) is 6.07 Å². The molecule has 0 N–H and O–H groups in total. The highest BCUT2D eigenvalue weighted by Gasteiger charge is 2.30. The maximum absolute atomic E-state index is 12.4. The molecular formula is C15H19NO2S2. The van der Waals surface area contributed by atoms with Crippen LogP contribution in [0.4, 0.5) is 0 Å². The second-order valence-corrected chi connectivity index (χ2v) is 7.48. The van der Waals surface area contributed by atoms with E-state index in [1.807, 2.05) is 6.07 Å². The maximum Gasteiger partial charge on any atom is 0.315 e. The van der Waals surface area contributed by atoms with Crippen LogP contribution in [0.1, 0.15) is 24.1 Å². The molecule has 0 aromatic carbocycles. The number of thiophene rings is 1. The molecule has 1 aromatic rings. The summed E-state index contributed by atoms with van der Waals surface area (Å²) in [5.41, 5.74) is 0. The first-order valence-corrected chi connectivity index (χ1v) is 9.05. The summed E-state index contributed by atoms with van der Waals surface area (Å²) < 4.78 is 5.50. The Morgan fingerprint density at radius 1 is 1.50 bits per heavy atom. The molecule has 1 atom stereocenters. The van der Waals surface area contributed by atoms with E-state index in [1.54, 1.807) is 23.1 Å². The minimum Gasteiger partial charge on any atom is -0.465 e. The molecule has 2 heterocycles. The quantitative estimate of drug-likeness (QED) is 0.756. The highest BCUT2D eigenvalue weighted by atomic mass is 32.2. The number of carbonyl (C=O) groups is 1. The molecule has 1 aliphatic heterocycles. The second-order valence-electron chi connectivity index (χ2n) is 5.33. The average Bonchev–Trinajstić information content (AvgIpc) is 3.18. The van der Waals surface area contributed by atoms with Gasteiger partial charge in [-0.2, -0.15) is 0 Å². The van der Waals surface area contributed by atoms with E-state index in [-0.39, 0.29) is 11.9 Å². The summed E-state index contributed by atoms with van der Waals surface area (Å²) in [4.78, 5) is 18.2. The Morgan fingerprint density at radius 3 is 3.05 bits per heavy atom. The van der Waals surface area contributed by atoms with E-state index in [9.17, 15) is 4.79 Å². The van der Waals surface area contributed by atoms with Crippen LogP contribution in [0.15, 0.2) is 22.5 Å². The summed E-state index contributed by atoms with van der Waals surface area (Å²) in [5.74, 6) is 1.40. The largest absolute Gasteiger partial charge is 0.465 e. The fourth-order valence-corrected chi connectivity index (χ4v) is 3.97. The monoisotopic (exact) mass is 309 g/mol. The zero-order valence-corrected chi connectivity index (χ0v) is 13.0. The van der Waals surface area contributed by atoms with Gasteiger partial charge in [0, 0.05) is 23.6 Å². The smallest absolute Gasteiger partial charge is 0.315 e. The minimum absolute atomic E-state index is 0.0848. The van der Waals surface area contributed by atoms with Crippen molar-refractivity contribution in [2.24, 2.45) is 16.8 Å². The van der Waals surface area contributed by atoms with Gasteiger partial charge < -0.3 is 4.74 Å². The van der Waals surface area contributed by atoms with Crippen molar-refractivity contribution in [3.05, 3.63) is 22.4 Å². The molecule has 1 unspecified atom stereocenters. The van der Waals surface area contributed by atoms with Crippen molar-refractivity contribution in [1.29, 1.82) is 0 Å². The van der Waals surface area contributed by atoms with Crippen LogP contribution < -0.4 is 0 Å². The molecule has 2 aliphatic rings. The van der Waals surface area contributed by atoms with E-state index in [1.165, 1.54) is 17.7 Å². The van der Waals surface area contributed by atoms with E-state index in [2.05, 4.69) is 16.4 Å². The van der Waals surface area contributed by atoms with Crippen LogP contribution in [-0.2, 0) is 16.0 Å². The Hall–Kier alpha value is -0.810. The van der Waals surface area contributed by atoms with Crippen LogP contribution in [0.2, 0.25) is 0 Å². The molecular weight excluding hydrogens is 290 g/mol. The van der Waals surface area contributed by atoms with Crippen molar-refractivity contribution in [1.82, 2.24) is 0 Å². The average molecular weight is 309 g/mol. The van der Waals surface area contributed by atoms with Gasteiger partial charge in [0.15, 0.2) is 0 Å². The number of ether oxygens (including phenoxy) is 1. The van der Waals surface area contributed by atoms with Gasteiger partial charge >= 0.3 is 5.97 Å². The Morgan fingerprint density at radius 2 is 2.40 bits per heavy atom. The molecule has 0 amide bonds. The number of nitrogens with zero attached hydrogens (tertiary/aromatic N) is 1. The first kappa shape index (κ1) is 14.1. The van der Waals surface area contributed by atoms with Gasteiger partial charge in [0.05, 0.1) is 11.7 Å². The topological polar surface area (TPSA) is 38.7 Å². The fourth-order valence-electron chi connectivity index (χ4n) is 2.17. The van der Waals surface area contributed by atoms with Gasteiger partial charge in [-0.3, -0.25) is 9.79 Å². The van der Waals surface area contributed by atoms with Crippen LogP contribution in [-0.4, -0.2) is 29.9 Å². The van der Waals surface area contributed by atoms with E-state index in [0.29, 0.717) is 12.5 Å². The lowest BCUT2D eigenvalue weighted by Gasteiger charge is -2.20. The Balaban J connectivity index is 1.67. The molecule has 5 heteroatoms. The first-order chi connectivity index (χ1) is 9.83. The number of esters is 1. The van der Waals surface area contributed by atoms with Crippen LogP contribution in [0.5, 0.6) is 0 Å². The minimum atomic E-state index is -0.197. The number of rotatable bonds is 6. The molecule has 20 heavy (non-hydrogen) atoms. The van der Waals surface area contributed by atoms with Gasteiger partial charge in [-0.25, -0.2) is 0 Å². The summed E-state index contributed by atoms with van der Waals surface area (Å²) in [7, 11) is 0. The summed E-state index contributed by atoms with van der Waals surface area (Å²) >= 11 is 3.42. The Labute approximate surface area is 127 Å². The number of carbonyl (C=O) groups excluding carboxylic acids is 1. The van der Waals surface area contributed by atoms with E-state index in [4.69, 9.17) is 4.74 Å². The van der Waals surface area contributed by atoms with Gasteiger partial charge in [-0.15, -0.1) is 23.1 Å². The fraction of sp³-hybridized carbons (Fsp3) is 0.600. The predicted molar refractivity (Wildman–Crippen MR) is 84.6 cm³/mol. The summed E-state index contributed by atoms with van der Waals surface area (Å²) in [6.07, 6.45) is 4.25. The van der Waals surface area contributed by atoms with Crippen LogP contribution in [0.3, 0.4) is 0 Å². The van der Waals surface area contributed by atoms with Gasteiger partial charge in [0.25, 0.3) is 0 Å². The second kappa shape index (κ2) is 6.76. The van der Waals surface area contributed by atoms with E-state index < -0.39 is 0 Å². The Kier molecular flexibility index (Phi) is 4.78. The van der Waals surface area contributed by atoms with Gasteiger partial charge in [0.1, 0.15) is 5.92 Å². The molecule has 1 aliphatic carbocycles. The van der Waals surface area contributed by atoms with Crippen LogP contribution in [0.25, 0.3) is 0 Å². The van der Waals surface area contributed by atoms with E-state index in [0.717, 1.165) is 30.2 Å². The third-order valence-electron chi connectivity index (χ3n) is 3.55. The number of hydrogen-bond donors (Lipinski definition) is 0.